The Hall–Kier alpha value is -3.03. The maximum atomic E-state index is 13.1. The fraction of sp³-hybridized carbons (Fsp3) is 0.333. The third-order valence-corrected chi connectivity index (χ3v) is 5.79. The summed E-state index contributed by atoms with van der Waals surface area (Å²) in [6, 6.07) is 13.4. The monoisotopic (exact) mass is 423 g/mol. The molecule has 0 spiro atoms. The summed E-state index contributed by atoms with van der Waals surface area (Å²) in [5, 5.41) is 0.962. The average Bonchev–Trinajstić information content (AvgIpc) is 2.74. The number of carbonyl (C=O) groups excluding carboxylic acids is 1. The summed E-state index contributed by atoms with van der Waals surface area (Å²) in [7, 11) is 1.71. The lowest BCUT2D eigenvalue weighted by Crippen LogP contribution is -2.49. The largest absolute Gasteiger partial charge is 0.423 e. The third-order valence-electron chi connectivity index (χ3n) is 5.79. The smallest absolute Gasteiger partial charge is 0.336 e. The van der Waals surface area contributed by atoms with E-state index in [1.54, 1.807) is 30.1 Å². The second-order valence-electron chi connectivity index (χ2n) is 8.07. The van der Waals surface area contributed by atoms with Crippen LogP contribution in [0.2, 0.25) is 0 Å². The molecular formula is C24H26FN3O3. The fourth-order valence-corrected chi connectivity index (χ4v) is 3.92. The van der Waals surface area contributed by atoms with E-state index in [0.29, 0.717) is 24.4 Å². The summed E-state index contributed by atoms with van der Waals surface area (Å²) in [5.41, 5.74) is 2.98. The molecule has 0 N–H and O–H groups in total. The van der Waals surface area contributed by atoms with Crippen molar-refractivity contribution < 1.29 is 13.6 Å². The molecule has 1 aliphatic heterocycles. The maximum absolute atomic E-state index is 13.1. The zero-order valence-corrected chi connectivity index (χ0v) is 17.8. The summed E-state index contributed by atoms with van der Waals surface area (Å²) < 4.78 is 18.5. The minimum Gasteiger partial charge on any atom is -0.423 e. The molecule has 2 heterocycles. The van der Waals surface area contributed by atoms with Gasteiger partial charge in [-0.15, -0.1) is 0 Å². The van der Waals surface area contributed by atoms with Crippen LogP contribution in [0.5, 0.6) is 0 Å². The van der Waals surface area contributed by atoms with Gasteiger partial charge in [-0.25, -0.2) is 9.18 Å². The van der Waals surface area contributed by atoms with E-state index < -0.39 is 0 Å². The van der Waals surface area contributed by atoms with Gasteiger partial charge in [0.1, 0.15) is 11.4 Å². The highest BCUT2D eigenvalue weighted by Crippen LogP contribution is 2.20. The van der Waals surface area contributed by atoms with Crippen molar-refractivity contribution in [3.05, 3.63) is 75.9 Å². The van der Waals surface area contributed by atoms with Gasteiger partial charge in [0.05, 0.1) is 6.54 Å². The maximum Gasteiger partial charge on any atom is 0.336 e. The van der Waals surface area contributed by atoms with Crippen molar-refractivity contribution in [1.82, 2.24) is 9.80 Å². The molecule has 0 aliphatic carbocycles. The number of aryl methyl sites for hydroxylation is 1. The summed E-state index contributed by atoms with van der Waals surface area (Å²) in [5.74, 6) is -0.345. The predicted octanol–water partition coefficient (Wildman–Crippen LogP) is 3.02. The van der Waals surface area contributed by atoms with E-state index in [-0.39, 0.29) is 17.3 Å². The van der Waals surface area contributed by atoms with Crippen LogP contribution >= 0.6 is 0 Å². The molecule has 1 amide bonds. The number of halogens is 1. The highest BCUT2D eigenvalue weighted by molar-refractivity contribution is 5.94. The first-order valence-electron chi connectivity index (χ1n) is 10.4. The van der Waals surface area contributed by atoms with Crippen LogP contribution in [0.4, 0.5) is 10.1 Å². The number of likely N-dealkylation sites (N-methyl/N-ethyl adjacent to an activating group) is 1. The lowest BCUT2D eigenvalue weighted by Gasteiger charge is -2.35. The van der Waals surface area contributed by atoms with Crippen molar-refractivity contribution in [2.24, 2.45) is 0 Å². The van der Waals surface area contributed by atoms with Crippen LogP contribution in [-0.4, -0.2) is 55.5 Å². The first-order chi connectivity index (χ1) is 14.9. The standard InChI is InChI=1S/C24H26FN3O3/c1-17-3-8-21-18(14-24(30)31-22(21)13-17)15-27-9-11-28(12-10-27)16-23(29)26(2)20-6-4-19(25)5-7-20/h3-8,13-14H,9-12,15-16H2,1-2H3. The molecule has 2 aromatic carbocycles. The van der Waals surface area contributed by atoms with Gasteiger partial charge in [-0.1, -0.05) is 12.1 Å². The van der Waals surface area contributed by atoms with Crippen molar-refractivity contribution in [2.75, 3.05) is 44.7 Å². The molecular weight excluding hydrogens is 397 g/mol. The molecule has 0 saturated carbocycles. The van der Waals surface area contributed by atoms with Crippen molar-refractivity contribution in [3.8, 4) is 0 Å². The number of anilines is 1. The van der Waals surface area contributed by atoms with Gasteiger partial charge in [-0.3, -0.25) is 14.6 Å². The van der Waals surface area contributed by atoms with Gasteiger partial charge in [0.15, 0.2) is 0 Å². The Morgan fingerprint density at radius 3 is 2.42 bits per heavy atom. The molecule has 1 saturated heterocycles. The number of carbonyl (C=O) groups is 1. The fourth-order valence-electron chi connectivity index (χ4n) is 3.92. The molecule has 1 aromatic heterocycles. The number of piperazine rings is 1. The van der Waals surface area contributed by atoms with Crippen molar-refractivity contribution in [2.45, 2.75) is 13.5 Å². The van der Waals surface area contributed by atoms with Gasteiger partial charge >= 0.3 is 5.63 Å². The van der Waals surface area contributed by atoms with Crippen LogP contribution < -0.4 is 10.5 Å². The zero-order valence-electron chi connectivity index (χ0n) is 17.8. The molecule has 1 fully saturated rings. The molecule has 3 aromatic rings. The molecule has 1 aliphatic rings. The van der Waals surface area contributed by atoms with Crippen LogP contribution in [0.3, 0.4) is 0 Å². The van der Waals surface area contributed by atoms with Gasteiger partial charge < -0.3 is 9.32 Å². The van der Waals surface area contributed by atoms with Crippen LogP contribution in [-0.2, 0) is 11.3 Å². The number of hydrogen-bond acceptors (Lipinski definition) is 5. The molecule has 4 rings (SSSR count). The molecule has 0 radical (unpaired) electrons. The Morgan fingerprint density at radius 1 is 1.03 bits per heavy atom. The van der Waals surface area contributed by atoms with Gasteiger partial charge in [0.2, 0.25) is 5.91 Å². The van der Waals surface area contributed by atoms with Crippen molar-refractivity contribution >= 4 is 22.6 Å². The van der Waals surface area contributed by atoms with E-state index in [0.717, 1.165) is 42.7 Å². The molecule has 0 atom stereocenters. The predicted molar refractivity (Wildman–Crippen MR) is 119 cm³/mol. The first kappa shape index (κ1) is 21.2. The summed E-state index contributed by atoms with van der Waals surface area (Å²) >= 11 is 0. The molecule has 0 bridgehead atoms. The van der Waals surface area contributed by atoms with E-state index in [2.05, 4.69) is 9.80 Å². The van der Waals surface area contributed by atoms with E-state index >= 15 is 0 Å². The molecule has 162 valence electrons. The zero-order chi connectivity index (χ0) is 22.0. The number of fused-ring (bicyclic) bond motifs is 1. The molecule has 0 unspecified atom stereocenters. The van der Waals surface area contributed by atoms with Crippen LogP contribution in [0.25, 0.3) is 11.0 Å². The SMILES string of the molecule is Cc1ccc2c(CN3CCN(CC(=O)N(C)c4ccc(F)cc4)CC3)cc(=O)oc2c1. The number of nitrogens with zero attached hydrogens (tertiary/aromatic N) is 3. The topological polar surface area (TPSA) is 57.0 Å². The molecule has 6 nitrogen and oxygen atoms in total. The van der Waals surface area contributed by atoms with Gasteiger partial charge in [0, 0.05) is 56.9 Å². The Labute approximate surface area is 180 Å². The van der Waals surface area contributed by atoms with Crippen LogP contribution in [0, 0.1) is 12.7 Å². The Morgan fingerprint density at radius 2 is 1.71 bits per heavy atom. The molecule has 31 heavy (non-hydrogen) atoms. The quantitative estimate of drug-likeness (QED) is 0.591. The third kappa shape index (κ3) is 5.00. The van der Waals surface area contributed by atoms with E-state index in [9.17, 15) is 14.0 Å². The summed E-state index contributed by atoms with van der Waals surface area (Å²) in [4.78, 5) is 30.6. The highest BCUT2D eigenvalue weighted by atomic mass is 19.1. The number of rotatable bonds is 5. The minimum absolute atomic E-state index is 0.0258. The van der Waals surface area contributed by atoms with E-state index in [4.69, 9.17) is 4.42 Å². The number of amides is 1. The van der Waals surface area contributed by atoms with Gasteiger partial charge in [0.25, 0.3) is 0 Å². The van der Waals surface area contributed by atoms with E-state index in [1.165, 1.54) is 12.1 Å². The Bertz CT molecular complexity index is 1140. The normalized spacial score (nSPS) is 15.3. The molecule has 7 heteroatoms. The average molecular weight is 423 g/mol. The van der Waals surface area contributed by atoms with Crippen molar-refractivity contribution in [3.63, 3.8) is 0 Å². The summed E-state index contributed by atoms with van der Waals surface area (Å²) in [6.45, 7) is 6.10. The van der Waals surface area contributed by atoms with E-state index in [1.807, 2.05) is 25.1 Å². The number of hydrogen-bond donors (Lipinski definition) is 0. The number of benzene rings is 2. The van der Waals surface area contributed by atoms with Crippen LogP contribution in [0.1, 0.15) is 11.1 Å². The second-order valence-corrected chi connectivity index (χ2v) is 8.07. The Balaban J connectivity index is 1.35. The summed E-state index contributed by atoms with van der Waals surface area (Å²) in [6.07, 6.45) is 0. The van der Waals surface area contributed by atoms with Gasteiger partial charge in [-0.05, 0) is 48.4 Å². The van der Waals surface area contributed by atoms with Gasteiger partial charge in [-0.2, -0.15) is 0 Å². The van der Waals surface area contributed by atoms with Crippen LogP contribution in [0.15, 0.2) is 57.7 Å². The highest BCUT2D eigenvalue weighted by Gasteiger charge is 2.22. The Kier molecular flexibility index (Phi) is 6.15. The lowest BCUT2D eigenvalue weighted by atomic mass is 10.1. The first-order valence-corrected chi connectivity index (χ1v) is 10.4. The second kappa shape index (κ2) is 8.99. The lowest BCUT2D eigenvalue weighted by molar-refractivity contribution is -0.119. The minimum atomic E-state index is -0.332. The van der Waals surface area contributed by atoms with Crippen molar-refractivity contribution in [1.29, 1.82) is 0 Å².